The highest BCUT2D eigenvalue weighted by atomic mass is 35.5. The van der Waals surface area contributed by atoms with E-state index in [1.165, 1.54) is 34.5 Å². The molecule has 1 aliphatic rings. The molecule has 136 valence electrons. The number of benzene rings is 2. The minimum Gasteiger partial charge on any atom is -0.325 e. The van der Waals surface area contributed by atoms with Gasteiger partial charge in [-0.1, -0.05) is 53.0 Å². The zero-order chi connectivity index (χ0) is 18.5. The maximum Gasteiger partial charge on any atom is 0.121 e. The van der Waals surface area contributed by atoms with Gasteiger partial charge in [0.15, 0.2) is 0 Å². The highest BCUT2D eigenvalue weighted by Crippen LogP contribution is 2.37. The first-order chi connectivity index (χ1) is 13.1. The van der Waals surface area contributed by atoms with E-state index in [1.807, 2.05) is 30.3 Å². The van der Waals surface area contributed by atoms with Crippen LogP contribution in [0.2, 0.25) is 15.1 Å². The van der Waals surface area contributed by atoms with E-state index in [0.29, 0.717) is 10.0 Å². The minimum absolute atomic E-state index is 0.584. The van der Waals surface area contributed by atoms with Crippen LogP contribution in [0.5, 0.6) is 0 Å². The Morgan fingerprint density at radius 3 is 2.33 bits per heavy atom. The predicted molar refractivity (Wildman–Crippen MR) is 114 cm³/mol. The van der Waals surface area contributed by atoms with Crippen LogP contribution in [0.3, 0.4) is 0 Å². The van der Waals surface area contributed by atoms with Crippen LogP contribution in [0.25, 0.3) is 28.0 Å². The molecule has 27 heavy (non-hydrogen) atoms. The average Bonchev–Trinajstić information content (AvgIpc) is 3.09. The Morgan fingerprint density at radius 1 is 0.778 bits per heavy atom. The highest BCUT2D eigenvalue weighted by Gasteiger charge is 2.21. The van der Waals surface area contributed by atoms with Crippen LogP contribution in [-0.2, 0) is 13.0 Å². The van der Waals surface area contributed by atoms with E-state index in [4.69, 9.17) is 34.8 Å². The number of hydrogen-bond acceptors (Lipinski definition) is 0. The molecule has 0 radical (unpaired) electrons. The van der Waals surface area contributed by atoms with Gasteiger partial charge >= 0.3 is 0 Å². The number of hydrogen-bond donors (Lipinski definition) is 0. The third-order valence-corrected chi connectivity index (χ3v) is 6.34. The van der Waals surface area contributed by atoms with Crippen LogP contribution in [0.4, 0.5) is 0 Å². The molecule has 0 bridgehead atoms. The number of imidazole rings is 1. The van der Waals surface area contributed by atoms with E-state index in [-0.39, 0.29) is 0 Å². The molecule has 3 heterocycles. The van der Waals surface area contributed by atoms with E-state index >= 15 is 0 Å². The van der Waals surface area contributed by atoms with Crippen LogP contribution >= 0.6 is 34.8 Å². The Bertz CT molecular complexity index is 1150. The van der Waals surface area contributed by atoms with E-state index in [2.05, 4.69) is 33.5 Å². The van der Waals surface area contributed by atoms with Crippen molar-refractivity contribution in [3.63, 3.8) is 0 Å². The van der Waals surface area contributed by atoms with E-state index < -0.39 is 0 Å². The molecule has 0 N–H and O–H groups in total. The SMILES string of the molecule is Clc1ccc(-c2cn3cc(-c4ccc(Cl)c(Cl)c4)n4c3c2CCCC4)cc1. The lowest BCUT2D eigenvalue weighted by atomic mass is 10.0. The maximum absolute atomic E-state index is 6.27. The molecule has 1 aliphatic heterocycles. The van der Waals surface area contributed by atoms with E-state index in [9.17, 15) is 0 Å². The molecule has 0 atom stereocenters. The lowest BCUT2D eigenvalue weighted by Crippen LogP contribution is -1.99. The van der Waals surface area contributed by atoms with Crippen molar-refractivity contribution in [3.8, 4) is 22.4 Å². The molecular weight excluding hydrogens is 399 g/mol. The molecule has 0 aliphatic carbocycles. The molecule has 5 heteroatoms. The maximum atomic E-state index is 6.27. The zero-order valence-corrected chi connectivity index (χ0v) is 16.8. The van der Waals surface area contributed by atoms with Gasteiger partial charge in [-0.05, 0) is 49.1 Å². The van der Waals surface area contributed by atoms with Crippen LogP contribution in [0.15, 0.2) is 54.9 Å². The summed E-state index contributed by atoms with van der Waals surface area (Å²) in [6.45, 7) is 1.00. The van der Waals surface area contributed by atoms with Crippen molar-refractivity contribution in [1.82, 2.24) is 8.97 Å². The Kier molecular flexibility index (Phi) is 4.23. The first-order valence-corrected chi connectivity index (χ1v) is 10.2. The van der Waals surface area contributed by atoms with Gasteiger partial charge in [-0.3, -0.25) is 0 Å². The van der Waals surface area contributed by atoms with Crippen molar-refractivity contribution < 1.29 is 0 Å². The zero-order valence-electron chi connectivity index (χ0n) is 14.6. The molecule has 4 aromatic rings. The molecule has 0 amide bonds. The molecule has 0 saturated carbocycles. The fourth-order valence-electron chi connectivity index (χ4n) is 4.08. The monoisotopic (exact) mass is 414 g/mol. The summed E-state index contributed by atoms with van der Waals surface area (Å²) >= 11 is 18.5. The van der Waals surface area contributed by atoms with Crippen molar-refractivity contribution in [2.24, 2.45) is 0 Å². The summed E-state index contributed by atoms with van der Waals surface area (Å²) < 4.78 is 4.67. The average molecular weight is 416 g/mol. The van der Waals surface area contributed by atoms with E-state index in [0.717, 1.165) is 30.0 Å². The van der Waals surface area contributed by atoms with Crippen LogP contribution in [0.1, 0.15) is 18.4 Å². The fourth-order valence-corrected chi connectivity index (χ4v) is 4.50. The molecule has 0 unspecified atom stereocenters. The van der Waals surface area contributed by atoms with Gasteiger partial charge in [-0.25, -0.2) is 0 Å². The first kappa shape index (κ1) is 17.2. The van der Waals surface area contributed by atoms with Gasteiger partial charge in [0.05, 0.1) is 15.7 Å². The molecule has 0 fully saturated rings. The van der Waals surface area contributed by atoms with Gasteiger partial charge in [0.25, 0.3) is 0 Å². The lowest BCUT2D eigenvalue weighted by Gasteiger charge is -2.09. The highest BCUT2D eigenvalue weighted by molar-refractivity contribution is 6.42. The van der Waals surface area contributed by atoms with Crippen molar-refractivity contribution in [3.05, 3.63) is 75.5 Å². The Hall–Kier alpha value is -1.87. The van der Waals surface area contributed by atoms with Crippen LogP contribution in [-0.4, -0.2) is 8.97 Å². The normalized spacial score (nSPS) is 13.9. The summed E-state index contributed by atoms with van der Waals surface area (Å²) in [5.41, 5.74) is 7.45. The quantitative estimate of drug-likeness (QED) is 0.323. The predicted octanol–water partition coefficient (Wildman–Crippen LogP) is 7.37. The second-order valence-electron chi connectivity index (χ2n) is 7.01. The second kappa shape index (κ2) is 6.63. The summed E-state index contributed by atoms with van der Waals surface area (Å²) in [5, 5.41) is 1.93. The van der Waals surface area contributed by atoms with Gasteiger partial charge in [-0.2, -0.15) is 0 Å². The van der Waals surface area contributed by atoms with Gasteiger partial charge in [0, 0.05) is 40.7 Å². The molecule has 0 saturated heterocycles. The number of halogens is 3. The molecule has 0 spiro atoms. The van der Waals surface area contributed by atoms with Gasteiger partial charge in [0.2, 0.25) is 0 Å². The van der Waals surface area contributed by atoms with Crippen molar-refractivity contribution in [1.29, 1.82) is 0 Å². The lowest BCUT2D eigenvalue weighted by molar-refractivity contribution is 0.647. The molecular formula is C22H17Cl3N2. The van der Waals surface area contributed by atoms with Gasteiger partial charge in [0.1, 0.15) is 5.65 Å². The standard InChI is InChI=1S/C22H17Cl3N2/c23-16-7-4-14(5-8-16)18-12-26-13-21(15-6-9-19(24)20(25)11-15)27-10-2-1-3-17(18)22(26)27/h4-9,11-13H,1-3,10H2. The smallest absolute Gasteiger partial charge is 0.121 e. The third-order valence-electron chi connectivity index (χ3n) is 5.34. The second-order valence-corrected chi connectivity index (χ2v) is 8.26. The largest absolute Gasteiger partial charge is 0.325 e. The number of aromatic nitrogens is 2. The van der Waals surface area contributed by atoms with Crippen molar-refractivity contribution in [2.45, 2.75) is 25.8 Å². The molecule has 2 aromatic heterocycles. The number of aryl methyl sites for hydroxylation is 2. The van der Waals surface area contributed by atoms with Crippen molar-refractivity contribution >= 4 is 40.4 Å². The molecule has 2 aromatic carbocycles. The minimum atomic E-state index is 0.584. The Morgan fingerprint density at radius 2 is 1.56 bits per heavy atom. The van der Waals surface area contributed by atoms with Crippen LogP contribution < -0.4 is 0 Å². The topological polar surface area (TPSA) is 9.34 Å². The fraction of sp³-hybridized carbons (Fsp3) is 0.182. The summed E-state index contributed by atoms with van der Waals surface area (Å²) in [6.07, 6.45) is 7.86. The third kappa shape index (κ3) is 2.87. The number of nitrogens with zero attached hydrogens (tertiary/aromatic N) is 2. The number of rotatable bonds is 2. The summed E-state index contributed by atoms with van der Waals surface area (Å²) in [4.78, 5) is 0. The van der Waals surface area contributed by atoms with Gasteiger partial charge in [-0.15, -0.1) is 0 Å². The van der Waals surface area contributed by atoms with Crippen LogP contribution in [0, 0.1) is 0 Å². The summed E-state index contributed by atoms with van der Waals surface area (Å²) in [5.74, 6) is 0. The van der Waals surface area contributed by atoms with E-state index in [1.54, 1.807) is 0 Å². The Balaban J connectivity index is 1.72. The van der Waals surface area contributed by atoms with Crippen molar-refractivity contribution in [2.75, 3.05) is 0 Å². The molecule has 5 rings (SSSR count). The summed E-state index contributed by atoms with van der Waals surface area (Å²) in [7, 11) is 0. The summed E-state index contributed by atoms with van der Waals surface area (Å²) in [6, 6.07) is 14.0. The molecule has 2 nitrogen and oxygen atoms in total. The Labute approximate surface area is 172 Å². The van der Waals surface area contributed by atoms with Gasteiger partial charge < -0.3 is 8.97 Å². The first-order valence-electron chi connectivity index (χ1n) is 9.06.